The molecular formula is C16H11Cl2F4NO2S. The maximum atomic E-state index is 13.2. The van der Waals surface area contributed by atoms with Gasteiger partial charge in [0.1, 0.15) is 5.82 Å². The molecule has 140 valence electrons. The Morgan fingerprint density at radius 1 is 1.08 bits per heavy atom. The molecule has 0 aliphatic heterocycles. The molecule has 2 N–H and O–H groups in total. The van der Waals surface area contributed by atoms with E-state index in [2.05, 4.69) is 0 Å². The van der Waals surface area contributed by atoms with Crippen LogP contribution in [0.15, 0.2) is 46.2 Å². The first kappa shape index (κ1) is 20.8. The minimum atomic E-state index is -5.14. The van der Waals surface area contributed by atoms with Crippen LogP contribution in [0.2, 0.25) is 10.0 Å². The minimum absolute atomic E-state index is 0.0328. The fourth-order valence-corrected chi connectivity index (χ4v) is 3.15. The maximum absolute atomic E-state index is 13.2. The van der Waals surface area contributed by atoms with Crippen molar-refractivity contribution < 1.29 is 27.5 Å². The van der Waals surface area contributed by atoms with Gasteiger partial charge in [-0.15, -0.1) is 0 Å². The molecule has 0 saturated carbocycles. The summed E-state index contributed by atoms with van der Waals surface area (Å²) < 4.78 is 51.2. The maximum Gasteiger partial charge on any atom is 0.426 e. The van der Waals surface area contributed by atoms with E-state index < -0.39 is 23.5 Å². The molecule has 0 aliphatic rings. The lowest BCUT2D eigenvalue weighted by molar-refractivity contribution is -0.242. The van der Waals surface area contributed by atoms with Crippen molar-refractivity contribution >= 4 is 46.6 Å². The van der Waals surface area contributed by atoms with Crippen LogP contribution < -0.4 is 5.32 Å². The third kappa shape index (κ3) is 4.62. The second-order valence-electron chi connectivity index (χ2n) is 5.34. The van der Waals surface area contributed by atoms with Crippen LogP contribution in [0.1, 0.15) is 6.92 Å². The smallest absolute Gasteiger partial charge is 0.373 e. The number of rotatable bonds is 4. The lowest BCUT2D eigenvalue weighted by Gasteiger charge is -2.25. The van der Waals surface area contributed by atoms with Crippen molar-refractivity contribution in [2.24, 2.45) is 0 Å². The SMILES string of the molecule is C[C@@](O)(C(=O)Nc1ccc(Sc2ccc(F)c(Cl)c2)cc1Cl)C(F)(F)F. The van der Waals surface area contributed by atoms with Crippen molar-refractivity contribution in [2.75, 3.05) is 5.32 Å². The number of hydrogen-bond donors (Lipinski definition) is 2. The summed E-state index contributed by atoms with van der Waals surface area (Å²) in [5.74, 6) is -2.22. The number of anilines is 1. The first-order valence-corrected chi connectivity index (χ1v) is 8.52. The van der Waals surface area contributed by atoms with E-state index in [1.54, 1.807) is 0 Å². The van der Waals surface area contributed by atoms with E-state index in [0.29, 0.717) is 16.7 Å². The van der Waals surface area contributed by atoms with Gasteiger partial charge >= 0.3 is 6.18 Å². The number of nitrogens with one attached hydrogen (secondary N) is 1. The quantitative estimate of drug-likeness (QED) is 0.630. The van der Waals surface area contributed by atoms with Crippen LogP contribution in [0.3, 0.4) is 0 Å². The molecule has 2 aromatic carbocycles. The van der Waals surface area contributed by atoms with Crippen LogP contribution in [0.5, 0.6) is 0 Å². The molecule has 1 amide bonds. The number of carbonyl (C=O) groups is 1. The predicted octanol–water partition coefficient (Wildman–Crippen LogP) is 5.54. The number of carbonyl (C=O) groups excluding carboxylic acids is 1. The van der Waals surface area contributed by atoms with Gasteiger partial charge in [-0.3, -0.25) is 4.79 Å². The number of amides is 1. The van der Waals surface area contributed by atoms with Gasteiger partial charge in [-0.1, -0.05) is 35.0 Å². The molecule has 0 aromatic heterocycles. The van der Waals surface area contributed by atoms with E-state index in [9.17, 15) is 27.5 Å². The van der Waals surface area contributed by atoms with Crippen molar-refractivity contribution in [3.8, 4) is 0 Å². The molecule has 0 saturated heterocycles. The van der Waals surface area contributed by atoms with Crippen LogP contribution in [0.4, 0.5) is 23.2 Å². The van der Waals surface area contributed by atoms with E-state index in [-0.39, 0.29) is 15.7 Å². The fourth-order valence-electron chi connectivity index (χ4n) is 1.71. The van der Waals surface area contributed by atoms with Gasteiger partial charge < -0.3 is 10.4 Å². The Hall–Kier alpha value is -1.48. The van der Waals surface area contributed by atoms with Gasteiger partial charge in [-0.05, 0) is 43.3 Å². The molecule has 0 unspecified atom stereocenters. The van der Waals surface area contributed by atoms with Crippen LogP contribution in [-0.4, -0.2) is 22.8 Å². The number of hydrogen-bond acceptors (Lipinski definition) is 3. The topological polar surface area (TPSA) is 49.3 Å². The van der Waals surface area contributed by atoms with Crippen LogP contribution in [-0.2, 0) is 4.79 Å². The summed E-state index contributed by atoms with van der Waals surface area (Å²) in [5.41, 5.74) is -3.66. The Labute approximate surface area is 160 Å². The molecule has 0 spiro atoms. The Morgan fingerprint density at radius 2 is 1.62 bits per heavy atom. The number of aliphatic hydroxyl groups is 1. The highest BCUT2D eigenvalue weighted by Crippen LogP contribution is 2.36. The highest BCUT2D eigenvalue weighted by Gasteiger charge is 2.55. The molecular weight excluding hydrogens is 417 g/mol. The molecule has 3 nitrogen and oxygen atoms in total. The highest BCUT2D eigenvalue weighted by molar-refractivity contribution is 7.99. The Balaban J connectivity index is 2.17. The van der Waals surface area contributed by atoms with E-state index >= 15 is 0 Å². The van der Waals surface area contributed by atoms with Gasteiger partial charge in [0.05, 0.1) is 15.7 Å². The second kappa shape index (κ2) is 7.64. The van der Waals surface area contributed by atoms with Gasteiger partial charge in [0.25, 0.3) is 5.91 Å². The monoisotopic (exact) mass is 427 g/mol. The summed E-state index contributed by atoms with van der Waals surface area (Å²) >= 11 is 12.9. The number of alkyl halides is 3. The molecule has 0 aliphatic carbocycles. The molecule has 26 heavy (non-hydrogen) atoms. The lowest BCUT2D eigenvalue weighted by Crippen LogP contribution is -2.52. The largest absolute Gasteiger partial charge is 0.426 e. The van der Waals surface area contributed by atoms with Gasteiger partial charge in [0.2, 0.25) is 5.60 Å². The second-order valence-corrected chi connectivity index (χ2v) is 7.31. The van der Waals surface area contributed by atoms with Crippen molar-refractivity contribution in [1.82, 2.24) is 0 Å². The molecule has 0 bridgehead atoms. The third-order valence-electron chi connectivity index (χ3n) is 3.31. The van der Waals surface area contributed by atoms with E-state index in [4.69, 9.17) is 23.2 Å². The molecule has 0 fully saturated rings. The number of benzene rings is 2. The predicted molar refractivity (Wildman–Crippen MR) is 92.3 cm³/mol. The average Bonchev–Trinajstić information content (AvgIpc) is 2.52. The summed E-state index contributed by atoms with van der Waals surface area (Å²) in [7, 11) is 0. The van der Waals surface area contributed by atoms with Gasteiger partial charge in [0.15, 0.2) is 0 Å². The van der Waals surface area contributed by atoms with Gasteiger partial charge in [-0.2, -0.15) is 13.2 Å². The third-order valence-corrected chi connectivity index (χ3v) is 4.89. The molecule has 2 aromatic rings. The summed E-state index contributed by atoms with van der Waals surface area (Å²) in [6.07, 6.45) is -5.14. The first-order chi connectivity index (χ1) is 11.9. The zero-order valence-electron chi connectivity index (χ0n) is 13.0. The van der Waals surface area contributed by atoms with Gasteiger partial charge in [-0.25, -0.2) is 4.39 Å². The standard InChI is InChI=1S/C16H11Cl2F4NO2S/c1-15(25,16(20,21)22)14(24)23-13-5-3-9(7-11(13)18)26-8-2-4-12(19)10(17)6-8/h2-7,25H,1H3,(H,23,24)/t15-/m1/s1. The van der Waals surface area contributed by atoms with E-state index in [1.807, 2.05) is 5.32 Å². The number of halogens is 6. The molecule has 0 heterocycles. The summed E-state index contributed by atoms with van der Waals surface area (Å²) in [5, 5.41) is 11.2. The molecule has 2 rings (SSSR count). The van der Waals surface area contributed by atoms with E-state index in [0.717, 1.165) is 0 Å². The molecule has 0 radical (unpaired) electrons. The van der Waals surface area contributed by atoms with E-state index in [1.165, 1.54) is 48.2 Å². The minimum Gasteiger partial charge on any atom is -0.373 e. The summed E-state index contributed by atoms with van der Waals surface area (Å²) in [4.78, 5) is 12.9. The Bertz CT molecular complexity index is 843. The van der Waals surface area contributed by atoms with Crippen molar-refractivity contribution in [2.45, 2.75) is 28.5 Å². The van der Waals surface area contributed by atoms with Crippen LogP contribution >= 0.6 is 35.0 Å². The lowest BCUT2D eigenvalue weighted by atomic mass is 10.1. The first-order valence-electron chi connectivity index (χ1n) is 6.95. The van der Waals surface area contributed by atoms with Crippen molar-refractivity contribution in [3.05, 3.63) is 52.3 Å². The Morgan fingerprint density at radius 3 is 2.12 bits per heavy atom. The highest BCUT2D eigenvalue weighted by atomic mass is 35.5. The molecule has 10 heteroatoms. The van der Waals surface area contributed by atoms with Crippen molar-refractivity contribution in [1.29, 1.82) is 0 Å². The van der Waals surface area contributed by atoms with Crippen molar-refractivity contribution in [3.63, 3.8) is 0 Å². The zero-order valence-corrected chi connectivity index (χ0v) is 15.3. The normalized spacial score (nSPS) is 14.0. The van der Waals surface area contributed by atoms with Crippen LogP contribution in [0.25, 0.3) is 0 Å². The summed E-state index contributed by atoms with van der Waals surface area (Å²) in [6.45, 7) is 0.346. The van der Waals surface area contributed by atoms with Gasteiger partial charge in [0, 0.05) is 9.79 Å². The average molecular weight is 428 g/mol. The van der Waals surface area contributed by atoms with Crippen LogP contribution in [0, 0.1) is 5.82 Å². The fraction of sp³-hybridized carbons (Fsp3) is 0.188. The zero-order chi connectivity index (χ0) is 19.7. The molecule has 1 atom stereocenters. The Kier molecular flexibility index (Phi) is 6.12. The summed E-state index contributed by atoms with van der Waals surface area (Å²) in [6, 6.07) is 8.29.